The van der Waals surface area contributed by atoms with Crippen LogP contribution in [0.15, 0.2) is 72.8 Å². The van der Waals surface area contributed by atoms with Crippen LogP contribution in [0.5, 0.6) is 5.75 Å². The molecule has 0 aliphatic heterocycles. The van der Waals surface area contributed by atoms with E-state index in [9.17, 15) is 5.11 Å². The molecule has 0 saturated carbocycles. The molecule has 0 radical (unpaired) electrons. The van der Waals surface area contributed by atoms with Gasteiger partial charge >= 0.3 is 0 Å². The summed E-state index contributed by atoms with van der Waals surface area (Å²) in [5.74, 6) is 0.749. The Morgan fingerprint density at radius 1 is 0.852 bits per heavy atom. The lowest BCUT2D eigenvalue weighted by Crippen LogP contribution is -2.20. The Hall–Kier alpha value is -2.04. The number of rotatable bonds is 8. The van der Waals surface area contributed by atoms with Gasteiger partial charge in [0, 0.05) is 28.7 Å². The normalized spacial score (nSPS) is 12.0. The van der Waals surface area contributed by atoms with Crippen molar-refractivity contribution in [3.63, 3.8) is 0 Å². The van der Waals surface area contributed by atoms with Crippen molar-refractivity contribution in [3.8, 4) is 5.75 Å². The van der Waals surface area contributed by atoms with Crippen molar-refractivity contribution in [1.29, 1.82) is 0 Å². The van der Waals surface area contributed by atoms with Crippen molar-refractivity contribution in [3.05, 3.63) is 99.5 Å². The minimum absolute atomic E-state index is 0.319. The molecular formula is C22H21Cl2NO2. The summed E-state index contributed by atoms with van der Waals surface area (Å²) in [4.78, 5) is 0. The quantitative estimate of drug-likeness (QED) is 0.531. The third-order valence-electron chi connectivity index (χ3n) is 4.22. The van der Waals surface area contributed by atoms with Gasteiger partial charge in [-0.15, -0.1) is 0 Å². The molecule has 3 rings (SSSR count). The summed E-state index contributed by atoms with van der Waals surface area (Å²) in [6, 6.07) is 22.8. The van der Waals surface area contributed by atoms with Crippen molar-refractivity contribution >= 4 is 23.2 Å². The van der Waals surface area contributed by atoms with Gasteiger partial charge < -0.3 is 15.2 Å². The number of hydrogen-bond donors (Lipinski definition) is 2. The first-order valence-electron chi connectivity index (χ1n) is 8.72. The summed E-state index contributed by atoms with van der Waals surface area (Å²) >= 11 is 12.3. The van der Waals surface area contributed by atoms with Gasteiger partial charge in [0.1, 0.15) is 12.4 Å². The summed E-state index contributed by atoms with van der Waals surface area (Å²) < 4.78 is 5.78. The standard InChI is InChI=1S/C22H21Cl2NO2/c23-20-7-4-8-21(24)19(20)15-27-18-11-9-16(10-12-18)13-25-14-22(26)17-5-2-1-3-6-17/h1-12,22,25-26H,13-15H2/t22-/m0/s1. The highest BCUT2D eigenvalue weighted by molar-refractivity contribution is 6.35. The van der Waals surface area contributed by atoms with Gasteiger partial charge in [0.25, 0.3) is 0 Å². The van der Waals surface area contributed by atoms with Crippen LogP contribution in [0.25, 0.3) is 0 Å². The Morgan fingerprint density at radius 2 is 1.52 bits per heavy atom. The molecule has 0 aliphatic rings. The van der Waals surface area contributed by atoms with Gasteiger partial charge in [0.2, 0.25) is 0 Å². The predicted molar refractivity (Wildman–Crippen MR) is 110 cm³/mol. The minimum atomic E-state index is -0.519. The maximum atomic E-state index is 10.2. The highest BCUT2D eigenvalue weighted by Crippen LogP contribution is 2.26. The van der Waals surface area contributed by atoms with Gasteiger partial charge in [0.15, 0.2) is 0 Å². The molecule has 0 amide bonds. The lowest BCUT2D eigenvalue weighted by molar-refractivity contribution is 0.174. The van der Waals surface area contributed by atoms with Crippen molar-refractivity contribution in [2.45, 2.75) is 19.3 Å². The van der Waals surface area contributed by atoms with E-state index >= 15 is 0 Å². The van der Waals surface area contributed by atoms with Crippen molar-refractivity contribution in [2.24, 2.45) is 0 Å². The molecule has 0 fully saturated rings. The van der Waals surface area contributed by atoms with Gasteiger partial charge in [-0.3, -0.25) is 0 Å². The maximum Gasteiger partial charge on any atom is 0.119 e. The highest BCUT2D eigenvalue weighted by atomic mass is 35.5. The van der Waals surface area contributed by atoms with Gasteiger partial charge in [-0.05, 0) is 35.4 Å². The molecule has 3 aromatic carbocycles. The molecule has 27 heavy (non-hydrogen) atoms. The van der Waals surface area contributed by atoms with Crippen molar-refractivity contribution in [1.82, 2.24) is 5.32 Å². The van der Waals surface area contributed by atoms with E-state index in [4.69, 9.17) is 27.9 Å². The van der Waals surface area contributed by atoms with Crippen LogP contribution in [0.3, 0.4) is 0 Å². The van der Waals surface area contributed by atoms with E-state index in [1.54, 1.807) is 12.1 Å². The fourth-order valence-electron chi connectivity index (χ4n) is 2.68. The van der Waals surface area contributed by atoms with E-state index in [1.165, 1.54) is 0 Å². The molecule has 0 spiro atoms. The minimum Gasteiger partial charge on any atom is -0.489 e. The Morgan fingerprint density at radius 3 is 2.19 bits per heavy atom. The second-order valence-corrected chi connectivity index (χ2v) is 7.00. The molecule has 0 saturated heterocycles. The molecular weight excluding hydrogens is 381 g/mol. The SMILES string of the molecule is O[C@@H](CNCc1ccc(OCc2c(Cl)cccc2Cl)cc1)c1ccccc1. The van der Waals surface area contributed by atoms with E-state index in [0.717, 1.165) is 22.4 Å². The zero-order valence-corrected chi connectivity index (χ0v) is 16.3. The molecule has 0 unspecified atom stereocenters. The Bertz CT molecular complexity index is 834. The van der Waals surface area contributed by atoms with E-state index in [-0.39, 0.29) is 0 Å². The van der Waals surface area contributed by atoms with E-state index in [0.29, 0.717) is 29.7 Å². The van der Waals surface area contributed by atoms with Crippen LogP contribution in [0.2, 0.25) is 10.0 Å². The number of halogens is 2. The van der Waals surface area contributed by atoms with Gasteiger partial charge in [-0.1, -0.05) is 71.7 Å². The summed E-state index contributed by atoms with van der Waals surface area (Å²) in [5.41, 5.74) is 2.80. The van der Waals surface area contributed by atoms with Crippen LogP contribution in [0.1, 0.15) is 22.8 Å². The predicted octanol–water partition coefficient (Wildman–Crippen LogP) is 5.40. The average molecular weight is 402 g/mol. The van der Waals surface area contributed by atoms with Crippen LogP contribution in [0, 0.1) is 0 Å². The van der Waals surface area contributed by atoms with Crippen LogP contribution in [-0.4, -0.2) is 11.7 Å². The fraction of sp³-hybridized carbons (Fsp3) is 0.182. The number of aliphatic hydroxyl groups excluding tert-OH is 1. The molecule has 2 N–H and O–H groups in total. The summed E-state index contributed by atoms with van der Waals surface area (Å²) in [6.45, 7) is 1.48. The number of hydrogen-bond acceptors (Lipinski definition) is 3. The second-order valence-electron chi connectivity index (χ2n) is 6.19. The van der Waals surface area contributed by atoms with Crippen molar-refractivity contribution in [2.75, 3.05) is 6.54 Å². The molecule has 3 nitrogen and oxygen atoms in total. The van der Waals surface area contributed by atoms with Gasteiger partial charge in [-0.25, -0.2) is 0 Å². The Balaban J connectivity index is 1.47. The van der Waals surface area contributed by atoms with Gasteiger partial charge in [-0.2, -0.15) is 0 Å². The van der Waals surface area contributed by atoms with Crippen molar-refractivity contribution < 1.29 is 9.84 Å². The number of ether oxygens (including phenoxy) is 1. The lowest BCUT2D eigenvalue weighted by Gasteiger charge is -2.13. The molecule has 3 aromatic rings. The first-order chi connectivity index (χ1) is 13.1. The molecule has 140 valence electrons. The molecule has 0 aliphatic carbocycles. The number of nitrogens with one attached hydrogen (secondary N) is 1. The van der Waals surface area contributed by atoms with Crippen LogP contribution < -0.4 is 10.1 Å². The molecule has 5 heteroatoms. The Labute approximate surface area is 169 Å². The first-order valence-corrected chi connectivity index (χ1v) is 9.47. The lowest BCUT2D eigenvalue weighted by atomic mass is 10.1. The smallest absolute Gasteiger partial charge is 0.119 e. The summed E-state index contributed by atoms with van der Waals surface area (Å²) in [6.07, 6.45) is -0.519. The molecule has 0 heterocycles. The molecule has 1 atom stereocenters. The van der Waals surface area contributed by atoms with Crippen LogP contribution in [-0.2, 0) is 13.2 Å². The second kappa shape index (κ2) is 9.77. The van der Waals surface area contributed by atoms with Crippen LogP contribution >= 0.6 is 23.2 Å². The zero-order chi connectivity index (χ0) is 19.1. The first kappa shape index (κ1) is 19.7. The zero-order valence-electron chi connectivity index (χ0n) is 14.7. The largest absolute Gasteiger partial charge is 0.489 e. The average Bonchev–Trinajstić information content (AvgIpc) is 2.69. The highest BCUT2D eigenvalue weighted by Gasteiger charge is 2.07. The third-order valence-corrected chi connectivity index (χ3v) is 4.93. The molecule has 0 bridgehead atoms. The van der Waals surface area contributed by atoms with E-state index < -0.39 is 6.10 Å². The summed E-state index contributed by atoms with van der Waals surface area (Å²) in [7, 11) is 0. The van der Waals surface area contributed by atoms with Crippen LogP contribution in [0.4, 0.5) is 0 Å². The monoisotopic (exact) mass is 401 g/mol. The fourth-order valence-corrected chi connectivity index (χ4v) is 3.18. The third kappa shape index (κ3) is 5.72. The van der Waals surface area contributed by atoms with E-state index in [1.807, 2.05) is 60.7 Å². The van der Waals surface area contributed by atoms with Gasteiger partial charge in [0.05, 0.1) is 6.10 Å². The number of aliphatic hydroxyl groups is 1. The Kier molecular flexibility index (Phi) is 7.13. The van der Waals surface area contributed by atoms with E-state index in [2.05, 4.69) is 5.32 Å². The number of benzene rings is 3. The topological polar surface area (TPSA) is 41.5 Å². The maximum absolute atomic E-state index is 10.2. The molecule has 0 aromatic heterocycles. The summed E-state index contributed by atoms with van der Waals surface area (Å²) in [5, 5.41) is 14.6.